The molecule has 1 N–H and O–H groups in total. The van der Waals surface area contributed by atoms with E-state index in [4.69, 9.17) is 0 Å². The number of hydrogen-bond acceptors (Lipinski definition) is 3. The van der Waals surface area contributed by atoms with Crippen molar-refractivity contribution in [3.63, 3.8) is 0 Å². The van der Waals surface area contributed by atoms with Gasteiger partial charge in [0.2, 0.25) is 0 Å². The Kier molecular flexibility index (Phi) is 3.93. The Balaban J connectivity index is 1.54. The quantitative estimate of drug-likeness (QED) is 0.842. The molecular weight excluding hydrogens is 288 g/mol. The zero-order chi connectivity index (χ0) is 15.2. The maximum absolute atomic E-state index is 12.3. The molecule has 3 aliphatic rings. The Morgan fingerprint density at radius 3 is 2.62 bits per heavy atom. The van der Waals surface area contributed by atoms with E-state index in [1.165, 1.54) is 25.7 Å². The molecule has 1 saturated heterocycles. The van der Waals surface area contributed by atoms with Gasteiger partial charge < -0.3 is 10.2 Å². The van der Waals surface area contributed by atoms with Crippen molar-refractivity contribution in [2.75, 3.05) is 18.8 Å². The summed E-state index contributed by atoms with van der Waals surface area (Å²) in [6, 6.07) is -0.337. The van der Waals surface area contributed by atoms with E-state index < -0.39 is 15.1 Å². The van der Waals surface area contributed by atoms with E-state index in [1.54, 1.807) is 11.8 Å². The molecule has 5 atom stereocenters. The minimum atomic E-state index is -3.04. The fourth-order valence-electron chi connectivity index (χ4n) is 4.40. The summed E-state index contributed by atoms with van der Waals surface area (Å²) in [5.41, 5.74) is 0. The van der Waals surface area contributed by atoms with Crippen LogP contribution in [-0.2, 0) is 9.84 Å². The van der Waals surface area contributed by atoms with Gasteiger partial charge in [-0.2, -0.15) is 0 Å². The van der Waals surface area contributed by atoms with Crippen LogP contribution in [0.15, 0.2) is 0 Å². The smallest absolute Gasteiger partial charge is 0.317 e. The van der Waals surface area contributed by atoms with Gasteiger partial charge in [0.25, 0.3) is 0 Å². The molecule has 0 spiro atoms. The molecule has 0 unspecified atom stereocenters. The number of carbonyl (C=O) groups excluding carboxylic acids is 1. The summed E-state index contributed by atoms with van der Waals surface area (Å²) in [7, 11) is -3.04. The van der Waals surface area contributed by atoms with Crippen LogP contribution in [0.25, 0.3) is 0 Å². The minimum absolute atomic E-state index is 0.0834. The monoisotopic (exact) mass is 314 g/mol. The van der Waals surface area contributed by atoms with Gasteiger partial charge in [-0.25, -0.2) is 13.2 Å². The van der Waals surface area contributed by atoms with Crippen molar-refractivity contribution in [3.05, 3.63) is 0 Å². The van der Waals surface area contributed by atoms with Crippen molar-refractivity contribution in [3.8, 4) is 0 Å². The van der Waals surface area contributed by atoms with Gasteiger partial charge in [-0.15, -0.1) is 0 Å². The average molecular weight is 314 g/mol. The normalized spacial score (nSPS) is 41.2. The summed E-state index contributed by atoms with van der Waals surface area (Å²) in [6.45, 7) is 4.61. The Morgan fingerprint density at radius 1 is 1.24 bits per heavy atom. The standard InChI is InChI=1S/C15H26N2O3S/c1-10-11(2)21(19,20)6-5-17(10)15(18)16-9-14-8-12-3-4-13(14)7-12/h10-14H,3-9H2,1-2H3,(H,16,18)/t10-,11-,12+,13+,14+/m1/s1. The lowest BCUT2D eigenvalue weighted by Crippen LogP contribution is -2.57. The van der Waals surface area contributed by atoms with Gasteiger partial charge in [0.05, 0.1) is 11.0 Å². The van der Waals surface area contributed by atoms with Gasteiger partial charge in [0.1, 0.15) is 0 Å². The third kappa shape index (κ3) is 2.79. The summed E-state index contributed by atoms with van der Waals surface area (Å²) in [4.78, 5) is 14.0. The molecule has 0 aromatic rings. The highest BCUT2D eigenvalue weighted by Gasteiger charge is 2.41. The maximum atomic E-state index is 12.3. The Labute approximate surface area is 127 Å². The minimum Gasteiger partial charge on any atom is -0.338 e. The first-order valence-electron chi connectivity index (χ1n) is 8.14. The van der Waals surface area contributed by atoms with Gasteiger partial charge in [0, 0.05) is 19.1 Å². The number of nitrogens with zero attached hydrogens (tertiary/aromatic N) is 1. The molecule has 21 heavy (non-hydrogen) atoms. The number of sulfone groups is 1. The number of fused-ring (bicyclic) bond motifs is 2. The molecule has 2 bridgehead atoms. The highest BCUT2D eigenvalue weighted by molar-refractivity contribution is 7.92. The van der Waals surface area contributed by atoms with E-state index in [2.05, 4.69) is 5.32 Å². The topological polar surface area (TPSA) is 66.5 Å². The fraction of sp³-hybridized carbons (Fsp3) is 0.933. The predicted molar refractivity (Wildman–Crippen MR) is 81.8 cm³/mol. The maximum Gasteiger partial charge on any atom is 0.317 e. The molecule has 3 rings (SSSR count). The number of carbonyl (C=O) groups is 1. The molecule has 0 aromatic carbocycles. The summed E-state index contributed by atoms with van der Waals surface area (Å²) in [5.74, 6) is 2.40. The van der Waals surface area contributed by atoms with Gasteiger partial charge >= 0.3 is 6.03 Å². The molecular formula is C15H26N2O3S. The van der Waals surface area contributed by atoms with Crippen LogP contribution in [0.3, 0.4) is 0 Å². The fourth-order valence-corrected chi connectivity index (χ4v) is 5.97. The van der Waals surface area contributed by atoms with Crippen molar-refractivity contribution >= 4 is 15.9 Å². The first kappa shape index (κ1) is 15.1. The van der Waals surface area contributed by atoms with Crippen LogP contribution in [0.1, 0.15) is 39.5 Å². The second-order valence-corrected chi connectivity index (χ2v) is 9.60. The lowest BCUT2D eigenvalue weighted by Gasteiger charge is -2.37. The molecule has 3 fully saturated rings. The van der Waals surface area contributed by atoms with Crippen LogP contribution >= 0.6 is 0 Å². The number of urea groups is 1. The van der Waals surface area contributed by atoms with Crippen molar-refractivity contribution < 1.29 is 13.2 Å². The molecule has 2 saturated carbocycles. The number of hydrogen-bond donors (Lipinski definition) is 1. The number of amides is 2. The van der Waals surface area contributed by atoms with Gasteiger partial charge in [-0.1, -0.05) is 6.42 Å². The van der Waals surface area contributed by atoms with Crippen molar-refractivity contribution in [1.29, 1.82) is 0 Å². The van der Waals surface area contributed by atoms with Crippen LogP contribution in [0.5, 0.6) is 0 Å². The molecule has 6 heteroatoms. The summed E-state index contributed by atoms with van der Waals surface area (Å²) in [6.07, 6.45) is 5.29. The zero-order valence-electron chi connectivity index (χ0n) is 12.9. The van der Waals surface area contributed by atoms with Crippen LogP contribution in [-0.4, -0.2) is 49.5 Å². The molecule has 0 radical (unpaired) electrons. The molecule has 0 aromatic heterocycles. The van der Waals surface area contributed by atoms with Crippen molar-refractivity contribution in [2.45, 2.75) is 50.8 Å². The van der Waals surface area contributed by atoms with Crippen LogP contribution in [0.4, 0.5) is 4.79 Å². The Hall–Kier alpha value is -0.780. The van der Waals surface area contributed by atoms with E-state index in [-0.39, 0.29) is 17.8 Å². The second-order valence-electron chi connectivity index (χ2n) is 7.13. The van der Waals surface area contributed by atoms with E-state index in [0.29, 0.717) is 12.5 Å². The summed E-state index contributed by atoms with van der Waals surface area (Å²) < 4.78 is 23.7. The molecule has 2 amide bonds. The van der Waals surface area contributed by atoms with Gasteiger partial charge in [-0.3, -0.25) is 0 Å². The average Bonchev–Trinajstić information content (AvgIpc) is 3.05. The molecule has 5 nitrogen and oxygen atoms in total. The largest absolute Gasteiger partial charge is 0.338 e. The highest BCUT2D eigenvalue weighted by Crippen LogP contribution is 2.47. The van der Waals surface area contributed by atoms with E-state index in [9.17, 15) is 13.2 Å². The molecule has 2 aliphatic carbocycles. The predicted octanol–water partition coefficient (Wildman–Crippen LogP) is 1.64. The van der Waals surface area contributed by atoms with Crippen molar-refractivity contribution in [2.24, 2.45) is 17.8 Å². The lowest BCUT2D eigenvalue weighted by atomic mass is 9.89. The third-order valence-corrected chi connectivity index (χ3v) is 8.29. The van der Waals surface area contributed by atoms with Gasteiger partial charge in [0.15, 0.2) is 9.84 Å². The van der Waals surface area contributed by atoms with Gasteiger partial charge in [-0.05, 0) is 50.9 Å². The molecule has 1 heterocycles. The molecule has 1 aliphatic heterocycles. The lowest BCUT2D eigenvalue weighted by molar-refractivity contribution is 0.174. The van der Waals surface area contributed by atoms with Crippen LogP contribution in [0, 0.1) is 17.8 Å². The molecule has 120 valence electrons. The van der Waals surface area contributed by atoms with E-state index >= 15 is 0 Å². The van der Waals surface area contributed by atoms with Crippen LogP contribution in [0.2, 0.25) is 0 Å². The highest BCUT2D eigenvalue weighted by atomic mass is 32.2. The summed E-state index contributed by atoms with van der Waals surface area (Å²) in [5, 5.41) is 2.58. The first-order chi connectivity index (χ1) is 9.88. The Morgan fingerprint density at radius 2 is 2.00 bits per heavy atom. The van der Waals surface area contributed by atoms with E-state index in [0.717, 1.165) is 18.4 Å². The summed E-state index contributed by atoms with van der Waals surface area (Å²) >= 11 is 0. The number of nitrogens with one attached hydrogen (secondary N) is 1. The number of rotatable bonds is 2. The third-order valence-electron chi connectivity index (χ3n) is 6.01. The first-order valence-corrected chi connectivity index (χ1v) is 9.86. The van der Waals surface area contributed by atoms with Crippen LogP contribution < -0.4 is 5.32 Å². The SMILES string of the molecule is C[C@@H]1[C@@H](C)S(=O)(=O)CCN1C(=O)NC[C@@H]1C[C@H]2CC[C@H]1C2. The Bertz CT molecular complexity index is 519. The second kappa shape index (κ2) is 5.45. The van der Waals surface area contributed by atoms with E-state index in [1.807, 2.05) is 6.92 Å². The zero-order valence-corrected chi connectivity index (χ0v) is 13.7. The van der Waals surface area contributed by atoms with Crippen molar-refractivity contribution in [1.82, 2.24) is 10.2 Å².